The molecule has 0 radical (unpaired) electrons. The minimum absolute atomic E-state index is 0.115. The number of aryl methyl sites for hydroxylation is 1. The summed E-state index contributed by atoms with van der Waals surface area (Å²) in [4.78, 5) is 11.0. The molecule has 0 N–H and O–H groups in total. The number of unbranched alkanes of at least 4 members (excludes halogenated alkanes) is 4. The molecule has 118 valence electrons. The average molecular weight is 294 g/mol. The molecule has 0 heterocycles. The van der Waals surface area contributed by atoms with Gasteiger partial charge >= 0.3 is 5.97 Å². The van der Waals surface area contributed by atoms with Gasteiger partial charge in [-0.3, -0.25) is 4.79 Å². The highest BCUT2D eigenvalue weighted by Gasteiger charge is 2.08. The lowest BCUT2D eigenvalue weighted by Crippen LogP contribution is -1.99. The molecule has 0 bridgehead atoms. The summed E-state index contributed by atoms with van der Waals surface area (Å²) in [5, 5.41) is 0. The van der Waals surface area contributed by atoms with E-state index in [4.69, 9.17) is 9.47 Å². The Balaban J connectivity index is 2.25. The summed E-state index contributed by atoms with van der Waals surface area (Å²) in [5.41, 5.74) is 1.19. The Morgan fingerprint density at radius 3 is 2.33 bits per heavy atom. The first-order valence-electron chi connectivity index (χ1n) is 7.49. The quantitative estimate of drug-likeness (QED) is 0.487. The lowest BCUT2D eigenvalue weighted by molar-refractivity contribution is -0.140. The topological polar surface area (TPSA) is 44.8 Å². The highest BCUT2D eigenvalue weighted by atomic mass is 16.5. The van der Waals surface area contributed by atoms with Crippen LogP contribution in [-0.4, -0.2) is 27.3 Å². The van der Waals surface area contributed by atoms with Crippen LogP contribution in [0, 0.1) is 0 Å². The minimum atomic E-state index is -0.115. The van der Waals surface area contributed by atoms with Crippen molar-refractivity contribution in [3.05, 3.63) is 23.8 Å². The molecule has 0 unspecified atom stereocenters. The van der Waals surface area contributed by atoms with Crippen LogP contribution in [0.5, 0.6) is 11.5 Å². The summed E-state index contributed by atoms with van der Waals surface area (Å²) in [6.45, 7) is 0. The van der Waals surface area contributed by atoms with E-state index < -0.39 is 0 Å². The standard InChI is InChI=1S/C17H26O4/c1-19-15-12-9-11-14(17(15)21-3)10-7-5-4-6-8-13-16(18)20-2/h9,11-12H,4-8,10,13H2,1-3H3. The first-order valence-corrected chi connectivity index (χ1v) is 7.49. The van der Waals surface area contributed by atoms with E-state index in [0.29, 0.717) is 6.42 Å². The van der Waals surface area contributed by atoms with Crippen LogP contribution in [0.1, 0.15) is 44.1 Å². The van der Waals surface area contributed by atoms with E-state index >= 15 is 0 Å². The lowest BCUT2D eigenvalue weighted by Gasteiger charge is -2.12. The molecular formula is C17H26O4. The molecule has 0 spiro atoms. The Morgan fingerprint density at radius 2 is 1.67 bits per heavy atom. The largest absolute Gasteiger partial charge is 0.493 e. The molecule has 0 saturated carbocycles. The second kappa shape index (κ2) is 10.1. The molecule has 0 amide bonds. The third kappa shape index (κ3) is 6.06. The van der Waals surface area contributed by atoms with Crippen molar-refractivity contribution in [3.8, 4) is 11.5 Å². The van der Waals surface area contributed by atoms with Crippen molar-refractivity contribution < 1.29 is 19.0 Å². The number of carbonyl (C=O) groups excluding carboxylic acids is 1. The molecule has 0 aliphatic heterocycles. The van der Waals surface area contributed by atoms with Crippen LogP contribution >= 0.6 is 0 Å². The summed E-state index contributed by atoms with van der Waals surface area (Å²) in [6, 6.07) is 5.99. The minimum Gasteiger partial charge on any atom is -0.493 e. The number of rotatable bonds is 10. The molecule has 0 saturated heterocycles. The number of esters is 1. The normalized spacial score (nSPS) is 10.2. The Labute approximate surface area is 127 Å². The highest BCUT2D eigenvalue weighted by molar-refractivity contribution is 5.68. The molecule has 0 atom stereocenters. The number of ether oxygens (including phenoxy) is 3. The number of hydrogen-bond donors (Lipinski definition) is 0. The van der Waals surface area contributed by atoms with Gasteiger partial charge in [-0.25, -0.2) is 0 Å². The van der Waals surface area contributed by atoms with Gasteiger partial charge in [0.15, 0.2) is 11.5 Å². The van der Waals surface area contributed by atoms with E-state index in [1.54, 1.807) is 14.2 Å². The van der Waals surface area contributed by atoms with Crippen molar-refractivity contribution >= 4 is 5.97 Å². The summed E-state index contributed by atoms with van der Waals surface area (Å²) in [7, 11) is 4.76. The second-order valence-corrected chi connectivity index (χ2v) is 5.00. The van der Waals surface area contributed by atoms with Crippen molar-refractivity contribution in [2.24, 2.45) is 0 Å². The van der Waals surface area contributed by atoms with E-state index in [1.165, 1.54) is 12.7 Å². The number of methoxy groups -OCH3 is 3. The number of para-hydroxylation sites is 1. The van der Waals surface area contributed by atoms with E-state index in [0.717, 1.165) is 50.0 Å². The SMILES string of the molecule is COC(=O)CCCCCCCc1cccc(OC)c1OC. The third-order valence-corrected chi connectivity index (χ3v) is 3.54. The van der Waals surface area contributed by atoms with Crippen LogP contribution in [0.15, 0.2) is 18.2 Å². The van der Waals surface area contributed by atoms with Crippen LogP contribution in [0.2, 0.25) is 0 Å². The predicted octanol–water partition coefficient (Wildman–Crippen LogP) is 3.76. The zero-order valence-electron chi connectivity index (χ0n) is 13.3. The van der Waals surface area contributed by atoms with Gasteiger partial charge in [0.05, 0.1) is 21.3 Å². The van der Waals surface area contributed by atoms with Crippen LogP contribution in [-0.2, 0) is 16.0 Å². The van der Waals surface area contributed by atoms with Crippen molar-refractivity contribution in [2.45, 2.75) is 44.9 Å². The monoisotopic (exact) mass is 294 g/mol. The average Bonchev–Trinajstić information content (AvgIpc) is 2.53. The van der Waals surface area contributed by atoms with Crippen molar-refractivity contribution in [1.29, 1.82) is 0 Å². The Hall–Kier alpha value is -1.71. The van der Waals surface area contributed by atoms with Gasteiger partial charge in [0, 0.05) is 6.42 Å². The van der Waals surface area contributed by atoms with E-state index in [2.05, 4.69) is 10.8 Å². The highest BCUT2D eigenvalue weighted by Crippen LogP contribution is 2.31. The Kier molecular flexibility index (Phi) is 8.32. The summed E-state index contributed by atoms with van der Waals surface area (Å²) in [5.74, 6) is 1.51. The summed E-state index contributed by atoms with van der Waals surface area (Å²) in [6.07, 6.45) is 6.91. The van der Waals surface area contributed by atoms with Gasteiger partial charge in [-0.1, -0.05) is 31.4 Å². The molecule has 0 aliphatic rings. The van der Waals surface area contributed by atoms with E-state index in [9.17, 15) is 4.79 Å². The summed E-state index contributed by atoms with van der Waals surface area (Å²) >= 11 is 0. The van der Waals surface area contributed by atoms with E-state index in [-0.39, 0.29) is 5.97 Å². The van der Waals surface area contributed by atoms with Crippen molar-refractivity contribution in [3.63, 3.8) is 0 Å². The molecule has 1 rings (SSSR count). The molecule has 0 aliphatic carbocycles. The van der Waals surface area contributed by atoms with Gasteiger partial charge in [0.25, 0.3) is 0 Å². The van der Waals surface area contributed by atoms with Gasteiger partial charge in [0.2, 0.25) is 0 Å². The maximum Gasteiger partial charge on any atom is 0.305 e. The Morgan fingerprint density at radius 1 is 0.952 bits per heavy atom. The molecule has 0 fully saturated rings. The van der Waals surface area contributed by atoms with Gasteiger partial charge in [0.1, 0.15) is 0 Å². The van der Waals surface area contributed by atoms with E-state index in [1.807, 2.05) is 12.1 Å². The van der Waals surface area contributed by atoms with Gasteiger partial charge in [-0.15, -0.1) is 0 Å². The Bertz CT molecular complexity index is 429. The fourth-order valence-electron chi connectivity index (χ4n) is 2.37. The zero-order chi connectivity index (χ0) is 15.5. The molecule has 21 heavy (non-hydrogen) atoms. The number of carbonyl (C=O) groups is 1. The fourth-order valence-corrected chi connectivity index (χ4v) is 2.37. The molecule has 4 nitrogen and oxygen atoms in total. The molecule has 1 aromatic rings. The third-order valence-electron chi connectivity index (χ3n) is 3.54. The van der Waals surface area contributed by atoms with Crippen molar-refractivity contribution in [1.82, 2.24) is 0 Å². The number of hydrogen-bond acceptors (Lipinski definition) is 4. The van der Waals surface area contributed by atoms with Crippen molar-refractivity contribution in [2.75, 3.05) is 21.3 Å². The molecular weight excluding hydrogens is 268 g/mol. The van der Waals surface area contributed by atoms with Gasteiger partial charge in [-0.2, -0.15) is 0 Å². The zero-order valence-corrected chi connectivity index (χ0v) is 13.3. The smallest absolute Gasteiger partial charge is 0.305 e. The fraction of sp³-hybridized carbons (Fsp3) is 0.588. The first kappa shape index (κ1) is 17.3. The number of benzene rings is 1. The molecule has 4 heteroatoms. The van der Waals surface area contributed by atoms with Gasteiger partial charge < -0.3 is 14.2 Å². The van der Waals surface area contributed by atoms with Crippen LogP contribution in [0.4, 0.5) is 0 Å². The molecule has 1 aromatic carbocycles. The van der Waals surface area contributed by atoms with Crippen LogP contribution < -0.4 is 9.47 Å². The maximum atomic E-state index is 11.0. The van der Waals surface area contributed by atoms with Gasteiger partial charge in [-0.05, 0) is 30.9 Å². The maximum absolute atomic E-state index is 11.0. The second-order valence-electron chi connectivity index (χ2n) is 5.00. The lowest BCUT2D eigenvalue weighted by atomic mass is 10.0. The predicted molar refractivity (Wildman–Crippen MR) is 83.0 cm³/mol. The summed E-state index contributed by atoms with van der Waals surface area (Å²) < 4.78 is 15.3. The molecule has 0 aromatic heterocycles. The van der Waals surface area contributed by atoms with Crippen LogP contribution in [0.25, 0.3) is 0 Å². The van der Waals surface area contributed by atoms with Crippen LogP contribution in [0.3, 0.4) is 0 Å². The first-order chi connectivity index (χ1) is 10.2.